The Morgan fingerprint density at radius 1 is 1.20 bits per heavy atom. The number of phenolic OH excluding ortho intramolecular Hbond substituents is 1. The molecule has 102 valence electrons. The summed E-state index contributed by atoms with van der Waals surface area (Å²) in [6, 6.07) is 12.0. The molecule has 4 heteroatoms. The summed E-state index contributed by atoms with van der Waals surface area (Å²) in [6.07, 6.45) is 0. The van der Waals surface area contributed by atoms with Gasteiger partial charge in [0.15, 0.2) is 5.78 Å². The number of ketones is 1. The van der Waals surface area contributed by atoms with E-state index in [1.54, 1.807) is 13.2 Å². The molecule has 2 aromatic rings. The molecule has 1 aliphatic rings. The first-order valence-corrected chi connectivity index (χ1v) is 6.33. The Balaban J connectivity index is 1.93. The van der Waals surface area contributed by atoms with Crippen molar-refractivity contribution in [3.05, 3.63) is 53.6 Å². The Bertz CT molecular complexity index is 646. The van der Waals surface area contributed by atoms with E-state index in [2.05, 4.69) is 0 Å². The molecule has 2 aromatic carbocycles. The fraction of sp³-hybridized carbons (Fsp3) is 0.188. The Kier molecular flexibility index (Phi) is 3.06. The van der Waals surface area contributed by atoms with Crippen LogP contribution in [-0.4, -0.2) is 24.6 Å². The fourth-order valence-electron chi connectivity index (χ4n) is 2.35. The van der Waals surface area contributed by atoms with Crippen molar-refractivity contribution >= 4 is 5.78 Å². The second-order valence-electron chi connectivity index (χ2n) is 4.68. The van der Waals surface area contributed by atoms with Crippen LogP contribution in [0.3, 0.4) is 0 Å². The van der Waals surface area contributed by atoms with Crippen LogP contribution in [0.2, 0.25) is 0 Å². The van der Waals surface area contributed by atoms with Crippen molar-refractivity contribution in [2.45, 2.75) is 5.92 Å². The van der Waals surface area contributed by atoms with E-state index in [-0.39, 0.29) is 24.1 Å². The first-order valence-electron chi connectivity index (χ1n) is 6.33. The van der Waals surface area contributed by atoms with E-state index in [1.165, 1.54) is 12.1 Å². The summed E-state index contributed by atoms with van der Waals surface area (Å²) < 4.78 is 10.7. The number of carbonyl (C=O) groups is 1. The average Bonchev–Trinajstić information content (AvgIpc) is 2.48. The van der Waals surface area contributed by atoms with Gasteiger partial charge in [-0.15, -0.1) is 0 Å². The number of aromatic hydroxyl groups is 1. The van der Waals surface area contributed by atoms with E-state index in [4.69, 9.17) is 9.47 Å². The molecular formula is C16H14O4. The molecule has 0 radical (unpaired) electrons. The third kappa shape index (κ3) is 2.09. The van der Waals surface area contributed by atoms with Gasteiger partial charge >= 0.3 is 0 Å². The SMILES string of the molecule is COc1ccc([C@@H]2COc3cc(O)ccc3C2=O)cc1. The number of rotatable bonds is 2. The first kappa shape index (κ1) is 12.5. The van der Waals surface area contributed by atoms with Crippen LogP contribution < -0.4 is 9.47 Å². The summed E-state index contributed by atoms with van der Waals surface area (Å²) in [6.45, 7) is 0.279. The molecule has 1 aliphatic heterocycles. The zero-order valence-electron chi connectivity index (χ0n) is 11.0. The zero-order valence-corrected chi connectivity index (χ0v) is 11.0. The Morgan fingerprint density at radius 2 is 1.95 bits per heavy atom. The quantitative estimate of drug-likeness (QED) is 0.911. The predicted molar refractivity (Wildman–Crippen MR) is 73.7 cm³/mol. The number of benzene rings is 2. The largest absolute Gasteiger partial charge is 0.508 e. The van der Waals surface area contributed by atoms with Gasteiger partial charge in [0.05, 0.1) is 18.6 Å². The molecule has 0 aromatic heterocycles. The molecule has 0 fully saturated rings. The number of phenols is 1. The lowest BCUT2D eigenvalue weighted by atomic mass is 9.89. The van der Waals surface area contributed by atoms with Crippen molar-refractivity contribution in [3.8, 4) is 17.2 Å². The lowest BCUT2D eigenvalue weighted by Gasteiger charge is -2.24. The van der Waals surface area contributed by atoms with E-state index in [0.717, 1.165) is 11.3 Å². The van der Waals surface area contributed by atoms with Crippen LogP contribution in [0.25, 0.3) is 0 Å². The fourth-order valence-corrected chi connectivity index (χ4v) is 2.35. The van der Waals surface area contributed by atoms with E-state index < -0.39 is 0 Å². The molecule has 0 bridgehead atoms. The number of ether oxygens (including phenoxy) is 2. The highest BCUT2D eigenvalue weighted by Gasteiger charge is 2.30. The van der Waals surface area contributed by atoms with Gasteiger partial charge in [-0.3, -0.25) is 4.79 Å². The highest BCUT2D eigenvalue weighted by molar-refractivity contribution is 6.04. The number of Topliss-reactive ketones (excluding diaryl/α,β-unsaturated/α-hetero) is 1. The lowest BCUT2D eigenvalue weighted by molar-refractivity contribution is 0.0896. The summed E-state index contributed by atoms with van der Waals surface area (Å²) in [5, 5.41) is 9.41. The van der Waals surface area contributed by atoms with Gasteiger partial charge in [0.25, 0.3) is 0 Å². The molecule has 0 saturated carbocycles. The van der Waals surface area contributed by atoms with E-state index in [1.807, 2.05) is 24.3 Å². The monoisotopic (exact) mass is 270 g/mol. The summed E-state index contributed by atoms with van der Waals surface area (Å²) in [5.41, 5.74) is 1.41. The van der Waals surface area contributed by atoms with Crippen LogP contribution in [0.1, 0.15) is 21.8 Å². The number of methoxy groups -OCH3 is 1. The highest BCUT2D eigenvalue weighted by Crippen LogP contribution is 2.34. The van der Waals surface area contributed by atoms with Crippen molar-refractivity contribution in [1.29, 1.82) is 0 Å². The third-order valence-corrected chi connectivity index (χ3v) is 3.47. The second kappa shape index (κ2) is 4.89. The molecule has 0 saturated heterocycles. The van der Waals surface area contributed by atoms with Gasteiger partial charge in [-0.05, 0) is 29.8 Å². The number of hydrogen-bond acceptors (Lipinski definition) is 4. The average molecular weight is 270 g/mol. The normalized spacial score (nSPS) is 17.2. The van der Waals surface area contributed by atoms with Gasteiger partial charge in [-0.25, -0.2) is 0 Å². The van der Waals surface area contributed by atoms with Crippen LogP contribution in [0.15, 0.2) is 42.5 Å². The van der Waals surface area contributed by atoms with Gasteiger partial charge in [-0.1, -0.05) is 12.1 Å². The maximum absolute atomic E-state index is 12.5. The minimum atomic E-state index is -0.321. The van der Waals surface area contributed by atoms with Gasteiger partial charge in [0.1, 0.15) is 23.9 Å². The zero-order chi connectivity index (χ0) is 14.1. The van der Waals surface area contributed by atoms with E-state index in [0.29, 0.717) is 11.3 Å². The summed E-state index contributed by atoms with van der Waals surface area (Å²) in [7, 11) is 1.60. The van der Waals surface area contributed by atoms with Gasteiger partial charge in [0.2, 0.25) is 0 Å². The van der Waals surface area contributed by atoms with Crippen molar-refractivity contribution in [2.75, 3.05) is 13.7 Å². The molecule has 4 nitrogen and oxygen atoms in total. The third-order valence-electron chi connectivity index (χ3n) is 3.47. The molecule has 1 N–H and O–H groups in total. The Hall–Kier alpha value is -2.49. The summed E-state index contributed by atoms with van der Waals surface area (Å²) in [4.78, 5) is 12.5. The van der Waals surface area contributed by atoms with Crippen molar-refractivity contribution in [3.63, 3.8) is 0 Å². The lowest BCUT2D eigenvalue weighted by Crippen LogP contribution is -2.25. The summed E-state index contributed by atoms with van der Waals surface area (Å²) in [5.74, 6) is 0.983. The van der Waals surface area contributed by atoms with Crippen molar-refractivity contribution in [2.24, 2.45) is 0 Å². The minimum Gasteiger partial charge on any atom is -0.508 e. The predicted octanol–water partition coefficient (Wildman–Crippen LogP) is 2.76. The van der Waals surface area contributed by atoms with Gasteiger partial charge in [0, 0.05) is 6.07 Å². The standard InChI is InChI=1S/C16H14O4/c1-19-12-5-2-10(3-6-12)14-9-20-15-8-11(17)4-7-13(15)16(14)18/h2-8,14,17H,9H2,1H3/t14-/m0/s1. The van der Waals surface area contributed by atoms with Gasteiger partial charge in [-0.2, -0.15) is 0 Å². The minimum absolute atomic E-state index is 0.0106. The first-order chi connectivity index (χ1) is 9.69. The maximum atomic E-state index is 12.5. The maximum Gasteiger partial charge on any atom is 0.177 e. The molecule has 20 heavy (non-hydrogen) atoms. The number of fused-ring (bicyclic) bond motifs is 1. The second-order valence-corrected chi connectivity index (χ2v) is 4.68. The summed E-state index contributed by atoms with van der Waals surface area (Å²) >= 11 is 0. The van der Waals surface area contributed by atoms with Crippen LogP contribution in [-0.2, 0) is 0 Å². The number of carbonyl (C=O) groups excluding carboxylic acids is 1. The Morgan fingerprint density at radius 3 is 2.65 bits per heavy atom. The van der Waals surface area contributed by atoms with Gasteiger partial charge < -0.3 is 14.6 Å². The van der Waals surface area contributed by atoms with E-state index >= 15 is 0 Å². The molecule has 0 unspecified atom stereocenters. The van der Waals surface area contributed by atoms with Crippen LogP contribution >= 0.6 is 0 Å². The van der Waals surface area contributed by atoms with Crippen molar-refractivity contribution < 1.29 is 19.4 Å². The molecule has 1 heterocycles. The molecule has 0 amide bonds. The topological polar surface area (TPSA) is 55.8 Å². The van der Waals surface area contributed by atoms with E-state index in [9.17, 15) is 9.90 Å². The Labute approximate surface area is 116 Å². The smallest absolute Gasteiger partial charge is 0.177 e. The molecular weight excluding hydrogens is 256 g/mol. The van der Waals surface area contributed by atoms with Crippen LogP contribution in [0, 0.1) is 0 Å². The number of hydrogen-bond donors (Lipinski definition) is 1. The molecule has 0 aliphatic carbocycles. The van der Waals surface area contributed by atoms with Crippen LogP contribution in [0.4, 0.5) is 0 Å². The van der Waals surface area contributed by atoms with Crippen molar-refractivity contribution in [1.82, 2.24) is 0 Å². The molecule has 0 spiro atoms. The molecule has 1 atom stereocenters. The van der Waals surface area contributed by atoms with Crippen LogP contribution in [0.5, 0.6) is 17.2 Å². The molecule has 3 rings (SSSR count). The highest BCUT2D eigenvalue weighted by atomic mass is 16.5.